The maximum absolute atomic E-state index is 12.2. The fourth-order valence-corrected chi connectivity index (χ4v) is 2.73. The van der Waals surface area contributed by atoms with Crippen LogP contribution < -0.4 is 15.8 Å². The van der Waals surface area contributed by atoms with Crippen LogP contribution in [0.4, 0.5) is 5.69 Å². The molecule has 0 radical (unpaired) electrons. The average molecular weight is 291 g/mol. The van der Waals surface area contributed by atoms with Crippen molar-refractivity contribution in [3.8, 4) is 5.75 Å². The zero-order chi connectivity index (χ0) is 15.2. The quantitative estimate of drug-likeness (QED) is 0.783. The SMILES string of the molecule is COc1cc(N)ccc1C(=O)NCC(C)CN1CCCC1. The molecule has 2 rings (SSSR count). The zero-order valence-corrected chi connectivity index (χ0v) is 12.9. The van der Waals surface area contributed by atoms with Gasteiger partial charge < -0.3 is 20.7 Å². The Morgan fingerprint density at radius 1 is 1.43 bits per heavy atom. The van der Waals surface area contributed by atoms with Crippen LogP contribution in [0.2, 0.25) is 0 Å². The number of carbonyl (C=O) groups excluding carboxylic acids is 1. The van der Waals surface area contributed by atoms with E-state index in [4.69, 9.17) is 10.5 Å². The molecule has 1 atom stereocenters. The van der Waals surface area contributed by atoms with E-state index in [1.807, 2.05) is 0 Å². The number of amides is 1. The molecule has 1 unspecified atom stereocenters. The fourth-order valence-electron chi connectivity index (χ4n) is 2.73. The van der Waals surface area contributed by atoms with Crippen molar-refractivity contribution < 1.29 is 9.53 Å². The Hall–Kier alpha value is -1.75. The van der Waals surface area contributed by atoms with Crippen molar-refractivity contribution >= 4 is 11.6 Å². The minimum absolute atomic E-state index is 0.111. The highest BCUT2D eigenvalue weighted by molar-refractivity contribution is 5.97. The summed E-state index contributed by atoms with van der Waals surface area (Å²) >= 11 is 0. The van der Waals surface area contributed by atoms with Gasteiger partial charge >= 0.3 is 0 Å². The Morgan fingerprint density at radius 3 is 2.81 bits per heavy atom. The van der Waals surface area contributed by atoms with Gasteiger partial charge in [0, 0.05) is 24.8 Å². The second-order valence-corrected chi connectivity index (χ2v) is 5.78. The largest absolute Gasteiger partial charge is 0.496 e. The van der Waals surface area contributed by atoms with Gasteiger partial charge in [0.1, 0.15) is 5.75 Å². The first kappa shape index (κ1) is 15.6. The molecule has 116 valence electrons. The monoisotopic (exact) mass is 291 g/mol. The summed E-state index contributed by atoms with van der Waals surface area (Å²) in [5.74, 6) is 0.839. The lowest BCUT2D eigenvalue weighted by Gasteiger charge is -2.20. The Bertz CT molecular complexity index is 484. The standard InChI is InChI=1S/C16H25N3O2/c1-12(11-19-7-3-4-8-19)10-18-16(20)14-6-5-13(17)9-15(14)21-2/h5-6,9,12H,3-4,7-8,10-11,17H2,1-2H3,(H,18,20). The smallest absolute Gasteiger partial charge is 0.255 e. The van der Waals surface area contributed by atoms with Gasteiger partial charge in [0.25, 0.3) is 5.91 Å². The predicted molar refractivity (Wildman–Crippen MR) is 84.6 cm³/mol. The van der Waals surface area contributed by atoms with E-state index in [0.717, 1.165) is 6.54 Å². The van der Waals surface area contributed by atoms with Crippen molar-refractivity contribution in [2.75, 3.05) is 39.0 Å². The van der Waals surface area contributed by atoms with Crippen molar-refractivity contribution in [1.82, 2.24) is 10.2 Å². The number of hydrogen-bond donors (Lipinski definition) is 2. The van der Waals surface area contributed by atoms with E-state index in [9.17, 15) is 4.79 Å². The molecule has 1 amide bonds. The van der Waals surface area contributed by atoms with E-state index in [-0.39, 0.29) is 5.91 Å². The summed E-state index contributed by atoms with van der Waals surface area (Å²) in [5.41, 5.74) is 6.82. The van der Waals surface area contributed by atoms with Crippen LogP contribution in [0.1, 0.15) is 30.1 Å². The molecule has 3 N–H and O–H groups in total. The molecule has 5 heteroatoms. The lowest BCUT2D eigenvalue weighted by Crippen LogP contribution is -2.34. The Labute approximate surface area is 126 Å². The van der Waals surface area contributed by atoms with Gasteiger partial charge in [0.2, 0.25) is 0 Å². The van der Waals surface area contributed by atoms with Gasteiger partial charge in [-0.15, -0.1) is 0 Å². The number of anilines is 1. The van der Waals surface area contributed by atoms with Gasteiger partial charge in [0.15, 0.2) is 0 Å². The highest BCUT2D eigenvalue weighted by Crippen LogP contribution is 2.21. The lowest BCUT2D eigenvalue weighted by atomic mass is 10.1. The van der Waals surface area contributed by atoms with E-state index in [0.29, 0.717) is 29.5 Å². The minimum Gasteiger partial charge on any atom is -0.496 e. The molecule has 0 aliphatic carbocycles. The van der Waals surface area contributed by atoms with Crippen LogP contribution in [0.5, 0.6) is 5.75 Å². The average Bonchev–Trinajstić information content (AvgIpc) is 2.97. The van der Waals surface area contributed by atoms with Crippen molar-refractivity contribution in [3.63, 3.8) is 0 Å². The molecular weight excluding hydrogens is 266 g/mol. The third-order valence-corrected chi connectivity index (χ3v) is 3.85. The second kappa shape index (κ2) is 7.31. The number of rotatable bonds is 6. The Balaban J connectivity index is 1.86. The molecule has 0 bridgehead atoms. The Morgan fingerprint density at radius 2 is 2.14 bits per heavy atom. The number of nitrogens with one attached hydrogen (secondary N) is 1. The predicted octanol–water partition coefficient (Wildman–Crippen LogP) is 1.74. The van der Waals surface area contributed by atoms with Gasteiger partial charge in [-0.05, 0) is 44.0 Å². The maximum Gasteiger partial charge on any atom is 0.255 e. The number of nitrogens with two attached hydrogens (primary N) is 1. The van der Waals surface area contributed by atoms with Crippen LogP contribution in [-0.2, 0) is 0 Å². The highest BCUT2D eigenvalue weighted by Gasteiger charge is 2.16. The van der Waals surface area contributed by atoms with E-state index in [1.54, 1.807) is 25.3 Å². The van der Waals surface area contributed by atoms with Crippen molar-refractivity contribution in [1.29, 1.82) is 0 Å². The number of nitrogens with zero attached hydrogens (tertiary/aromatic N) is 1. The number of ether oxygens (including phenoxy) is 1. The van der Waals surface area contributed by atoms with Crippen LogP contribution in [0.15, 0.2) is 18.2 Å². The molecule has 21 heavy (non-hydrogen) atoms. The number of nitrogen functional groups attached to an aromatic ring is 1. The molecule has 0 aromatic heterocycles. The minimum atomic E-state index is -0.111. The third kappa shape index (κ3) is 4.36. The molecular formula is C16H25N3O2. The molecule has 0 saturated carbocycles. The fraction of sp³-hybridized carbons (Fsp3) is 0.562. The third-order valence-electron chi connectivity index (χ3n) is 3.85. The van der Waals surface area contributed by atoms with Crippen LogP contribution in [-0.4, -0.2) is 44.1 Å². The van der Waals surface area contributed by atoms with Gasteiger partial charge in [-0.2, -0.15) is 0 Å². The van der Waals surface area contributed by atoms with E-state index in [2.05, 4.69) is 17.1 Å². The number of carbonyl (C=O) groups is 1. The first-order valence-corrected chi connectivity index (χ1v) is 7.54. The number of likely N-dealkylation sites (tertiary alicyclic amines) is 1. The van der Waals surface area contributed by atoms with E-state index >= 15 is 0 Å². The normalized spacial score (nSPS) is 16.7. The van der Waals surface area contributed by atoms with Crippen LogP contribution in [0, 0.1) is 5.92 Å². The number of benzene rings is 1. The summed E-state index contributed by atoms with van der Waals surface area (Å²) in [4.78, 5) is 14.7. The van der Waals surface area contributed by atoms with Crippen LogP contribution in [0.3, 0.4) is 0 Å². The van der Waals surface area contributed by atoms with Gasteiger partial charge in [-0.3, -0.25) is 4.79 Å². The molecule has 1 fully saturated rings. The molecule has 0 spiro atoms. The summed E-state index contributed by atoms with van der Waals surface area (Å²) in [6.45, 7) is 6.25. The lowest BCUT2D eigenvalue weighted by molar-refractivity contribution is 0.0942. The van der Waals surface area contributed by atoms with Gasteiger partial charge in [0.05, 0.1) is 12.7 Å². The second-order valence-electron chi connectivity index (χ2n) is 5.78. The zero-order valence-electron chi connectivity index (χ0n) is 12.9. The van der Waals surface area contributed by atoms with Crippen LogP contribution in [0.25, 0.3) is 0 Å². The molecule has 1 saturated heterocycles. The highest BCUT2D eigenvalue weighted by atomic mass is 16.5. The summed E-state index contributed by atoms with van der Waals surface area (Å²) in [6, 6.07) is 5.09. The topological polar surface area (TPSA) is 67.6 Å². The van der Waals surface area contributed by atoms with Gasteiger partial charge in [-0.1, -0.05) is 6.92 Å². The summed E-state index contributed by atoms with van der Waals surface area (Å²) in [6.07, 6.45) is 2.59. The number of methoxy groups -OCH3 is 1. The maximum atomic E-state index is 12.2. The molecule has 5 nitrogen and oxygen atoms in total. The van der Waals surface area contributed by atoms with Crippen molar-refractivity contribution in [3.05, 3.63) is 23.8 Å². The molecule has 1 aliphatic rings. The van der Waals surface area contributed by atoms with Gasteiger partial charge in [-0.25, -0.2) is 0 Å². The Kier molecular flexibility index (Phi) is 5.44. The molecule has 1 aromatic rings. The van der Waals surface area contributed by atoms with E-state index < -0.39 is 0 Å². The molecule has 1 aromatic carbocycles. The summed E-state index contributed by atoms with van der Waals surface area (Å²) in [5, 5.41) is 2.98. The van der Waals surface area contributed by atoms with E-state index in [1.165, 1.54) is 25.9 Å². The first-order chi connectivity index (χ1) is 10.1. The first-order valence-electron chi connectivity index (χ1n) is 7.54. The molecule has 1 aliphatic heterocycles. The molecule has 1 heterocycles. The van der Waals surface area contributed by atoms with Crippen molar-refractivity contribution in [2.24, 2.45) is 5.92 Å². The number of hydrogen-bond acceptors (Lipinski definition) is 4. The summed E-state index contributed by atoms with van der Waals surface area (Å²) in [7, 11) is 1.54. The summed E-state index contributed by atoms with van der Waals surface area (Å²) < 4.78 is 5.21. The van der Waals surface area contributed by atoms with Crippen LogP contribution >= 0.6 is 0 Å². The van der Waals surface area contributed by atoms with Crippen molar-refractivity contribution in [2.45, 2.75) is 19.8 Å².